The minimum atomic E-state index is -6.69. The number of hydrogen-bond acceptors (Lipinski definition) is 4. The lowest BCUT2D eigenvalue weighted by molar-refractivity contribution is -0.332. The molecule has 0 unspecified atom stereocenters. The maximum Gasteiger partial charge on any atom is 0.410 e. The molecule has 0 saturated heterocycles. The van der Waals surface area contributed by atoms with Crippen molar-refractivity contribution < 1.29 is 54.2 Å². The number of halogens is 8. The summed E-state index contributed by atoms with van der Waals surface area (Å²) in [6.45, 7) is 2.61. The summed E-state index contributed by atoms with van der Waals surface area (Å²) in [5, 5.41) is 0. The molecule has 0 aromatic carbocycles. The van der Waals surface area contributed by atoms with E-state index in [4.69, 9.17) is 0 Å². The first-order chi connectivity index (χ1) is 11.1. The molecule has 4 nitrogen and oxygen atoms in total. The van der Waals surface area contributed by atoms with Crippen molar-refractivity contribution in [1.82, 2.24) is 0 Å². The lowest BCUT2D eigenvalue weighted by atomic mass is 9.91. The molecule has 0 radical (unpaired) electrons. The van der Waals surface area contributed by atoms with Gasteiger partial charge in [-0.2, -0.15) is 26.3 Å². The van der Waals surface area contributed by atoms with Gasteiger partial charge >= 0.3 is 36.1 Å². The smallest absolute Gasteiger partial charge is 0.410 e. The molecule has 0 N–H and O–H groups in total. The lowest BCUT2D eigenvalue weighted by Crippen LogP contribution is -2.61. The predicted molar refractivity (Wildman–Crippen MR) is 66.8 cm³/mol. The third kappa shape index (κ3) is 4.72. The Morgan fingerprint density at radius 1 is 0.880 bits per heavy atom. The van der Waals surface area contributed by atoms with Gasteiger partial charge in [0.25, 0.3) is 0 Å². The molecule has 12 heteroatoms. The van der Waals surface area contributed by atoms with Crippen LogP contribution in [0.4, 0.5) is 35.1 Å². The molecule has 0 spiro atoms. The Morgan fingerprint density at radius 2 is 1.28 bits per heavy atom. The number of rotatable bonds is 9. The van der Waals surface area contributed by atoms with Crippen LogP contribution in [0.3, 0.4) is 0 Å². The molecule has 148 valence electrons. The van der Waals surface area contributed by atoms with Crippen molar-refractivity contribution >= 4 is 11.9 Å². The minimum Gasteiger partial charge on any atom is -0.462 e. The summed E-state index contributed by atoms with van der Waals surface area (Å²) in [5.74, 6) is -23.3. The van der Waals surface area contributed by atoms with Gasteiger partial charge in [0.05, 0.1) is 5.41 Å². The topological polar surface area (TPSA) is 52.6 Å². The molecule has 0 atom stereocenters. The number of alkyl halides is 8. The first-order valence-corrected chi connectivity index (χ1v) is 6.81. The van der Waals surface area contributed by atoms with Gasteiger partial charge in [-0.15, -0.1) is 0 Å². The Kier molecular flexibility index (Phi) is 7.23. The average Bonchev–Trinajstić information content (AvgIpc) is 2.50. The normalized spacial score (nSPS) is 13.8. The van der Waals surface area contributed by atoms with Crippen LogP contribution in [0.15, 0.2) is 0 Å². The third-order valence-electron chi connectivity index (χ3n) is 3.33. The van der Waals surface area contributed by atoms with E-state index in [1.165, 1.54) is 13.8 Å². The number of esters is 2. The van der Waals surface area contributed by atoms with Crippen LogP contribution in [0.2, 0.25) is 0 Å². The predicted octanol–water partition coefficient (Wildman–Crippen LogP) is 3.68. The quantitative estimate of drug-likeness (QED) is 0.344. The molecule has 0 amide bonds. The van der Waals surface area contributed by atoms with Gasteiger partial charge in [0.1, 0.15) is 13.2 Å². The minimum absolute atomic E-state index is 0.332. The van der Waals surface area contributed by atoms with E-state index in [9.17, 15) is 44.7 Å². The van der Waals surface area contributed by atoms with Crippen molar-refractivity contribution in [2.75, 3.05) is 13.2 Å². The lowest BCUT2D eigenvalue weighted by Gasteiger charge is -2.30. The van der Waals surface area contributed by atoms with Crippen LogP contribution in [-0.4, -0.2) is 49.3 Å². The molecule has 0 aromatic heterocycles. The molecule has 25 heavy (non-hydrogen) atoms. The maximum atomic E-state index is 13.1. The summed E-state index contributed by atoms with van der Waals surface area (Å²) in [6, 6.07) is 0. The molecule has 0 aliphatic carbocycles. The second-order valence-corrected chi connectivity index (χ2v) is 5.58. The third-order valence-corrected chi connectivity index (χ3v) is 3.33. The van der Waals surface area contributed by atoms with E-state index in [-0.39, 0.29) is 0 Å². The second kappa shape index (κ2) is 7.73. The Labute approximate surface area is 137 Å². The highest BCUT2D eigenvalue weighted by Crippen LogP contribution is 2.48. The Morgan fingerprint density at radius 3 is 1.64 bits per heavy atom. The summed E-state index contributed by atoms with van der Waals surface area (Å²) in [5.41, 5.74) is -0.958. The van der Waals surface area contributed by atoms with E-state index < -0.39 is 54.8 Å². The Bertz CT molecular complexity index is 490. The summed E-state index contributed by atoms with van der Waals surface area (Å²) in [7, 11) is 0. The van der Waals surface area contributed by atoms with Gasteiger partial charge in [0, 0.05) is 0 Å². The van der Waals surface area contributed by atoms with Gasteiger partial charge < -0.3 is 9.47 Å². The molecule has 0 heterocycles. The van der Waals surface area contributed by atoms with Crippen LogP contribution in [0, 0.1) is 5.41 Å². The van der Waals surface area contributed by atoms with Gasteiger partial charge in [0.2, 0.25) is 0 Å². The van der Waals surface area contributed by atoms with Crippen LogP contribution in [0.5, 0.6) is 0 Å². The molecular formula is C13H16F8O4. The molecule has 0 bridgehead atoms. The molecule has 0 aliphatic heterocycles. The number of ether oxygens (including phenoxy) is 2. The van der Waals surface area contributed by atoms with Crippen molar-refractivity contribution in [3.05, 3.63) is 0 Å². The fraction of sp³-hybridized carbons (Fsp3) is 0.846. The van der Waals surface area contributed by atoms with E-state index in [2.05, 4.69) is 9.47 Å². The highest BCUT2D eigenvalue weighted by atomic mass is 19.4. The zero-order valence-corrected chi connectivity index (χ0v) is 13.4. The highest BCUT2D eigenvalue weighted by molar-refractivity contribution is 5.79. The highest BCUT2D eigenvalue weighted by Gasteiger charge is 2.79. The van der Waals surface area contributed by atoms with Crippen molar-refractivity contribution in [2.45, 2.75) is 51.4 Å². The summed E-state index contributed by atoms with van der Waals surface area (Å²) >= 11 is 0. The van der Waals surface area contributed by atoms with Crippen LogP contribution >= 0.6 is 0 Å². The monoisotopic (exact) mass is 388 g/mol. The van der Waals surface area contributed by atoms with E-state index >= 15 is 0 Å². The van der Waals surface area contributed by atoms with E-state index in [0.29, 0.717) is 6.42 Å². The first-order valence-electron chi connectivity index (χ1n) is 6.81. The van der Waals surface area contributed by atoms with Gasteiger partial charge in [-0.25, -0.2) is 13.6 Å². The van der Waals surface area contributed by atoms with Crippen LogP contribution in [0.25, 0.3) is 0 Å². The van der Waals surface area contributed by atoms with Gasteiger partial charge in [-0.1, -0.05) is 6.92 Å². The van der Waals surface area contributed by atoms with E-state index in [0.717, 1.165) is 0 Å². The zero-order chi connectivity index (χ0) is 20.3. The Balaban J connectivity index is 4.83. The van der Waals surface area contributed by atoms with Gasteiger partial charge in [-0.3, -0.25) is 4.79 Å². The largest absolute Gasteiger partial charge is 0.462 e. The second-order valence-electron chi connectivity index (χ2n) is 5.58. The molecular weight excluding hydrogens is 372 g/mol. The zero-order valence-electron chi connectivity index (χ0n) is 13.4. The Hall–Kier alpha value is -1.62. The fourth-order valence-corrected chi connectivity index (χ4v) is 1.17. The van der Waals surface area contributed by atoms with E-state index in [1.54, 1.807) is 6.92 Å². The summed E-state index contributed by atoms with van der Waals surface area (Å²) in [4.78, 5) is 22.4. The molecule has 0 rings (SSSR count). The van der Waals surface area contributed by atoms with Crippen LogP contribution in [-0.2, 0) is 19.1 Å². The number of carbonyl (C=O) groups is 2. The number of carbonyl (C=O) groups excluding carboxylic acids is 2. The average molecular weight is 388 g/mol. The molecule has 0 aromatic rings. The van der Waals surface area contributed by atoms with Crippen molar-refractivity contribution in [2.24, 2.45) is 5.41 Å². The first kappa shape index (κ1) is 23.4. The standard InChI is InChI=1S/C13H16F8O4/c1-4-10(2,3)8(22)24-5-6-25-9(23)12(18,19)13(20,21)11(16,17)7(14)15/h7H,4-6H2,1-3H3. The van der Waals surface area contributed by atoms with Crippen molar-refractivity contribution in [1.29, 1.82) is 0 Å². The molecule has 0 saturated carbocycles. The maximum absolute atomic E-state index is 13.1. The molecule has 0 fully saturated rings. The number of hydrogen-bond donors (Lipinski definition) is 0. The summed E-state index contributed by atoms with van der Waals surface area (Å²) < 4.78 is 109. The fourth-order valence-electron chi connectivity index (χ4n) is 1.17. The van der Waals surface area contributed by atoms with Crippen LogP contribution < -0.4 is 0 Å². The van der Waals surface area contributed by atoms with E-state index in [1.807, 2.05) is 0 Å². The van der Waals surface area contributed by atoms with Crippen LogP contribution in [0.1, 0.15) is 27.2 Å². The van der Waals surface area contributed by atoms with Crippen molar-refractivity contribution in [3.8, 4) is 0 Å². The SMILES string of the molecule is CCC(C)(C)C(=O)OCCOC(=O)C(F)(F)C(F)(F)C(F)(F)C(F)F. The summed E-state index contributed by atoms with van der Waals surface area (Å²) in [6.07, 6.45) is -4.81. The van der Waals surface area contributed by atoms with Gasteiger partial charge in [0.15, 0.2) is 0 Å². The van der Waals surface area contributed by atoms with Crippen molar-refractivity contribution in [3.63, 3.8) is 0 Å². The van der Waals surface area contributed by atoms with Gasteiger partial charge in [-0.05, 0) is 20.3 Å². The molecule has 0 aliphatic rings.